The summed E-state index contributed by atoms with van der Waals surface area (Å²) in [6, 6.07) is 9.96. The number of carbonyl (C=O) groups is 1. The minimum atomic E-state index is -0.721. The van der Waals surface area contributed by atoms with E-state index >= 15 is 0 Å². The van der Waals surface area contributed by atoms with Crippen LogP contribution in [0, 0.1) is 13.8 Å². The fourth-order valence-electron chi connectivity index (χ4n) is 4.05. The number of benzene rings is 1. The molecule has 0 bridgehead atoms. The van der Waals surface area contributed by atoms with Gasteiger partial charge in [-0.05, 0) is 45.1 Å². The fourth-order valence-corrected chi connectivity index (χ4v) is 4.05. The number of aliphatic hydroxyl groups is 1. The molecule has 2 N–H and O–H groups in total. The maximum Gasteiger partial charge on any atom is 0.358 e. The molecule has 6 heteroatoms. The summed E-state index contributed by atoms with van der Waals surface area (Å²) in [5, 5.41) is 11.0. The Morgan fingerprint density at radius 3 is 2.52 bits per heavy atom. The molecular weight excluding hydrogens is 392 g/mol. The number of esters is 1. The van der Waals surface area contributed by atoms with Gasteiger partial charge < -0.3 is 24.5 Å². The summed E-state index contributed by atoms with van der Waals surface area (Å²) in [7, 11) is 0. The van der Waals surface area contributed by atoms with Crippen molar-refractivity contribution in [3.63, 3.8) is 0 Å². The van der Waals surface area contributed by atoms with Gasteiger partial charge in [0.25, 0.3) is 0 Å². The monoisotopic (exact) mass is 428 g/mol. The Bertz CT molecular complexity index is 839. The van der Waals surface area contributed by atoms with Crippen molar-refractivity contribution in [2.75, 3.05) is 32.8 Å². The van der Waals surface area contributed by atoms with Gasteiger partial charge in [0, 0.05) is 30.9 Å². The molecule has 6 nitrogen and oxygen atoms in total. The molecule has 1 aromatic heterocycles. The molecule has 0 unspecified atom stereocenters. The van der Waals surface area contributed by atoms with E-state index in [4.69, 9.17) is 9.47 Å². The second kappa shape index (κ2) is 10.8. The largest absolute Gasteiger partial charge is 0.491 e. The highest BCUT2D eigenvalue weighted by Gasteiger charge is 2.33. The molecule has 2 aromatic rings. The molecule has 170 valence electrons. The summed E-state index contributed by atoms with van der Waals surface area (Å²) in [6.45, 7) is 9.56. The minimum Gasteiger partial charge on any atom is -0.491 e. The molecule has 0 spiro atoms. The first-order valence-electron chi connectivity index (χ1n) is 11.4. The number of aryl methyl sites for hydroxylation is 1. The van der Waals surface area contributed by atoms with Crippen molar-refractivity contribution in [2.45, 2.75) is 58.5 Å². The number of carbonyl (C=O) groups excluding carboxylic acids is 1. The fraction of sp³-hybridized carbons (Fsp3) is 0.560. The lowest BCUT2D eigenvalue weighted by atomic mass is 9.84. The van der Waals surface area contributed by atoms with Gasteiger partial charge in [-0.15, -0.1) is 0 Å². The van der Waals surface area contributed by atoms with E-state index in [1.165, 1.54) is 0 Å². The molecule has 1 saturated heterocycles. The first-order valence-corrected chi connectivity index (χ1v) is 11.4. The molecule has 0 amide bonds. The lowest BCUT2D eigenvalue weighted by molar-refractivity contribution is -0.0264. The topological polar surface area (TPSA) is 74.8 Å². The molecule has 3 rings (SSSR count). The standard InChI is InChI=1S/C25H36N2O4/c1-4-5-17-31-24(28)22-23(19(2)20(3)26-22)30-18-9-14-27-15-12-25(29,13-16-27)21-10-7-6-8-11-21/h6-8,10-11,26,29H,4-5,9,12-18H2,1-3H3. The quantitative estimate of drug-likeness (QED) is 0.435. The maximum atomic E-state index is 12.4. The molecule has 0 radical (unpaired) electrons. The van der Waals surface area contributed by atoms with Crippen molar-refractivity contribution < 1.29 is 19.4 Å². The van der Waals surface area contributed by atoms with Gasteiger partial charge in [0.1, 0.15) is 0 Å². The Morgan fingerprint density at radius 2 is 1.84 bits per heavy atom. The van der Waals surface area contributed by atoms with E-state index in [2.05, 4.69) is 16.8 Å². The molecule has 0 atom stereocenters. The highest BCUT2D eigenvalue weighted by Crippen LogP contribution is 2.32. The van der Waals surface area contributed by atoms with Gasteiger partial charge in [0.15, 0.2) is 11.4 Å². The number of rotatable bonds is 10. The number of piperidine rings is 1. The predicted octanol–water partition coefficient (Wildman–Crippen LogP) is 4.34. The zero-order chi connectivity index (χ0) is 22.3. The second-order valence-corrected chi connectivity index (χ2v) is 8.51. The number of nitrogens with zero attached hydrogens (tertiary/aromatic N) is 1. The highest BCUT2D eigenvalue weighted by atomic mass is 16.5. The third-order valence-electron chi connectivity index (χ3n) is 6.24. The maximum absolute atomic E-state index is 12.4. The Hall–Kier alpha value is -2.31. The lowest BCUT2D eigenvalue weighted by Crippen LogP contribution is -2.43. The zero-order valence-electron chi connectivity index (χ0n) is 19.1. The normalized spacial score (nSPS) is 16.3. The van der Waals surface area contributed by atoms with Gasteiger partial charge in [0.05, 0.1) is 18.8 Å². The van der Waals surface area contributed by atoms with E-state index < -0.39 is 5.60 Å². The van der Waals surface area contributed by atoms with Gasteiger partial charge in [-0.1, -0.05) is 43.7 Å². The van der Waals surface area contributed by atoms with Crippen LogP contribution in [-0.2, 0) is 10.3 Å². The second-order valence-electron chi connectivity index (χ2n) is 8.51. The van der Waals surface area contributed by atoms with E-state index in [0.717, 1.165) is 68.6 Å². The summed E-state index contributed by atoms with van der Waals surface area (Å²) < 4.78 is 11.4. The SMILES string of the molecule is CCCCOC(=O)c1[nH]c(C)c(C)c1OCCCN1CCC(O)(c2ccccc2)CC1. The van der Waals surface area contributed by atoms with Crippen LogP contribution in [0.1, 0.15) is 66.3 Å². The van der Waals surface area contributed by atoms with Gasteiger partial charge >= 0.3 is 5.97 Å². The van der Waals surface area contributed by atoms with Crippen molar-refractivity contribution >= 4 is 5.97 Å². The number of hydrogen-bond donors (Lipinski definition) is 2. The van der Waals surface area contributed by atoms with Gasteiger partial charge in [-0.2, -0.15) is 0 Å². The van der Waals surface area contributed by atoms with Crippen molar-refractivity contribution in [2.24, 2.45) is 0 Å². The number of H-pyrrole nitrogens is 1. The molecule has 0 saturated carbocycles. The van der Waals surface area contributed by atoms with E-state index in [1.807, 2.05) is 44.2 Å². The molecule has 1 fully saturated rings. The van der Waals surface area contributed by atoms with E-state index in [9.17, 15) is 9.90 Å². The Morgan fingerprint density at radius 1 is 1.13 bits per heavy atom. The molecule has 31 heavy (non-hydrogen) atoms. The van der Waals surface area contributed by atoms with Crippen LogP contribution >= 0.6 is 0 Å². The smallest absolute Gasteiger partial charge is 0.358 e. The zero-order valence-corrected chi connectivity index (χ0v) is 19.1. The van der Waals surface area contributed by atoms with Crippen LogP contribution in [-0.4, -0.2) is 53.8 Å². The van der Waals surface area contributed by atoms with Crippen molar-refractivity contribution in [1.82, 2.24) is 9.88 Å². The van der Waals surface area contributed by atoms with Crippen LogP contribution in [0.15, 0.2) is 30.3 Å². The van der Waals surface area contributed by atoms with Crippen LogP contribution < -0.4 is 4.74 Å². The van der Waals surface area contributed by atoms with Crippen LogP contribution in [0.3, 0.4) is 0 Å². The molecule has 2 heterocycles. The van der Waals surface area contributed by atoms with Gasteiger partial charge in [0.2, 0.25) is 0 Å². The van der Waals surface area contributed by atoms with E-state index in [1.54, 1.807) is 0 Å². The molecule has 1 aliphatic rings. The molecule has 0 aliphatic carbocycles. The number of ether oxygens (including phenoxy) is 2. The average Bonchev–Trinajstić information content (AvgIpc) is 3.07. The summed E-state index contributed by atoms with van der Waals surface area (Å²) in [5.41, 5.74) is 2.58. The van der Waals surface area contributed by atoms with E-state index in [0.29, 0.717) is 24.7 Å². The van der Waals surface area contributed by atoms with Crippen LogP contribution in [0.5, 0.6) is 5.75 Å². The number of likely N-dealkylation sites (tertiary alicyclic amines) is 1. The van der Waals surface area contributed by atoms with Gasteiger partial charge in [-0.3, -0.25) is 0 Å². The van der Waals surface area contributed by atoms with Crippen molar-refractivity contribution in [3.8, 4) is 5.75 Å². The van der Waals surface area contributed by atoms with Crippen LogP contribution in [0.4, 0.5) is 0 Å². The minimum absolute atomic E-state index is 0.351. The van der Waals surface area contributed by atoms with Gasteiger partial charge in [-0.25, -0.2) is 4.79 Å². The average molecular weight is 429 g/mol. The summed E-state index contributed by atoms with van der Waals surface area (Å²) in [5.74, 6) is 0.256. The van der Waals surface area contributed by atoms with Crippen molar-refractivity contribution in [1.29, 1.82) is 0 Å². The third kappa shape index (κ3) is 5.89. The summed E-state index contributed by atoms with van der Waals surface area (Å²) >= 11 is 0. The Labute approximate surface area is 185 Å². The first kappa shape index (κ1) is 23.4. The van der Waals surface area contributed by atoms with E-state index in [-0.39, 0.29) is 5.97 Å². The molecule has 1 aromatic carbocycles. The number of aromatic nitrogens is 1. The number of nitrogens with one attached hydrogen (secondary N) is 1. The highest BCUT2D eigenvalue weighted by molar-refractivity contribution is 5.91. The Kier molecular flexibility index (Phi) is 8.15. The Balaban J connectivity index is 1.46. The summed E-state index contributed by atoms with van der Waals surface area (Å²) in [6.07, 6.45) is 4.18. The number of aromatic amines is 1. The molecular formula is C25H36N2O4. The third-order valence-corrected chi connectivity index (χ3v) is 6.24. The van der Waals surface area contributed by atoms with Crippen molar-refractivity contribution in [3.05, 3.63) is 52.8 Å². The predicted molar refractivity (Wildman–Crippen MR) is 122 cm³/mol. The molecule has 1 aliphatic heterocycles. The number of hydrogen-bond acceptors (Lipinski definition) is 5. The van der Waals surface area contributed by atoms with Crippen LogP contribution in [0.2, 0.25) is 0 Å². The lowest BCUT2D eigenvalue weighted by Gasteiger charge is -2.38. The summed E-state index contributed by atoms with van der Waals surface area (Å²) in [4.78, 5) is 17.9. The number of unbranched alkanes of at least 4 members (excludes halogenated alkanes) is 1. The first-order chi connectivity index (χ1) is 14.9. The van der Waals surface area contributed by atoms with Crippen LogP contribution in [0.25, 0.3) is 0 Å².